The monoisotopic (exact) mass is 593 g/mol. The number of benzene rings is 5. The third kappa shape index (κ3) is 5.84. The van der Waals surface area contributed by atoms with E-state index in [-0.39, 0.29) is 0 Å². The zero-order valence-corrected chi connectivity index (χ0v) is 25.5. The molecule has 2 heterocycles. The molecule has 0 saturated carbocycles. The van der Waals surface area contributed by atoms with E-state index >= 15 is 0 Å². The van der Waals surface area contributed by atoms with Crippen LogP contribution in [-0.2, 0) is 0 Å². The topological polar surface area (TPSA) is 47.9 Å². The number of fused-ring (bicyclic) bond motifs is 4. The summed E-state index contributed by atoms with van der Waals surface area (Å²) in [5.74, 6) is 3.42. The molecule has 4 heteroatoms. The molecule has 4 nitrogen and oxygen atoms in total. The van der Waals surface area contributed by atoms with Gasteiger partial charge in [-0.15, -0.1) is 0 Å². The lowest BCUT2D eigenvalue weighted by atomic mass is 9.94. The second-order valence-corrected chi connectivity index (χ2v) is 10.9. The van der Waals surface area contributed by atoms with Crippen LogP contribution in [0, 0.1) is 0 Å². The zero-order valence-electron chi connectivity index (χ0n) is 25.5. The lowest BCUT2D eigenvalue weighted by molar-refractivity contribution is 0.432. The minimum atomic E-state index is 0.602. The molecule has 0 spiro atoms. The number of hydrogen-bond donors (Lipinski definition) is 0. The molecule has 0 saturated heterocycles. The molecule has 0 fully saturated rings. The van der Waals surface area contributed by atoms with Crippen LogP contribution in [0.15, 0.2) is 158 Å². The number of aromatic nitrogens is 3. The Morgan fingerprint density at radius 2 is 1.09 bits per heavy atom. The first-order valence-corrected chi connectivity index (χ1v) is 15.2. The molecule has 5 aromatic carbocycles. The van der Waals surface area contributed by atoms with Crippen LogP contribution in [0.25, 0.3) is 63.0 Å². The Hall–Kier alpha value is -6.13. The summed E-state index contributed by atoms with van der Waals surface area (Å²) in [7, 11) is 0. The number of para-hydroxylation sites is 1. The van der Waals surface area contributed by atoms with Crippen LogP contribution in [0.1, 0.15) is 23.6 Å². The molecule has 0 aliphatic carbocycles. The lowest BCUT2D eigenvalue weighted by Gasteiger charge is -2.16. The highest BCUT2D eigenvalue weighted by atomic mass is 16.5. The van der Waals surface area contributed by atoms with E-state index in [1.807, 2.05) is 91.9 Å². The van der Waals surface area contributed by atoms with Crippen molar-refractivity contribution in [3.63, 3.8) is 0 Å². The van der Waals surface area contributed by atoms with Crippen molar-refractivity contribution < 1.29 is 4.74 Å². The van der Waals surface area contributed by atoms with Gasteiger partial charge in [-0.1, -0.05) is 152 Å². The summed E-state index contributed by atoms with van der Waals surface area (Å²) in [5, 5.41) is 0. The standard InChI is InChI=1S/C42H31N3O/c1-3-4-20-35-29(2)46-39-23-14-13-22-37(39)38-28-34(27-26-31(38)25-24-30-15-11-12-21-36(30)35)42-44-40(32-16-7-5-8-17-32)43-41(45-42)33-18-9-6-10-19-33/h3-28H,1H2,2H3/b20-4-,25-24-,35-29-. The lowest BCUT2D eigenvalue weighted by Crippen LogP contribution is -2.01. The minimum absolute atomic E-state index is 0.602. The van der Waals surface area contributed by atoms with E-state index < -0.39 is 0 Å². The highest BCUT2D eigenvalue weighted by Crippen LogP contribution is 2.39. The van der Waals surface area contributed by atoms with Gasteiger partial charge in [-0.2, -0.15) is 0 Å². The van der Waals surface area contributed by atoms with Gasteiger partial charge in [0.2, 0.25) is 0 Å². The Kier molecular flexibility index (Phi) is 8.00. The van der Waals surface area contributed by atoms with Gasteiger partial charge in [0.1, 0.15) is 11.5 Å². The average Bonchev–Trinajstić information content (AvgIpc) is 3.13. The van der Waals surface area contributed by atoms with Crippen LogP contribution in [0.3, 0.4) is 0 Å². The van der Waals surface area contributed by atoms with Crippen molar-refractivity contribution in [2.45, 2.75) is 6.92 Å². The van der Waals surface area contributed by atoms with Crippen LogP contribution in [0.5, 0.6) is 5.75 Å². The largest absolute Gasteiger partial charge is 0.461 e. The zero-order chi connectivity index (χ0) is 31.3. The van der Waals surface area contributed by atoms with Crippen molar-refractivity contribution in [3.8, 4) is 51.0 Å². The Morgan fingerprint density at radius 1 is 0.543 bits per heavy atom. The highest BCUT2D eigenvalue weighted by molar-refractivity contribution is 5.90. The molecule has 1 aliphatic rings. The second kappa shape index (κ2) is 12.8. The highest BCUT2D eigenvalue weighted by Gasteiger charge is 2.18. The van der Waals surface area contributed by atoms with Gasteiger partial charge < -0.3 is 4.74 Å². The van der Waals surface area contributed by atoms with Crippen molar-refractivity contribution in [2.75, 3.05) is 0 Å². The SMILES string of the molecule is C=C/C=C\C1=C(/C)Oc2ccccc2-c2cc(-c3nc(-c4ccccc4)nc(-c4ccccc4)n3)ccc2/C=C\c2ccccc21. The fraction of sp³-hybridized carbons (Fsp3) is 0.0238. The predicted molar refractivity (Wildman–Crippen MR) is 189 cm³/mol. The molecule has 0 N–H and O–H groups in total. The molecule has 220 valence electrons. The van der Waals surface area contributed by atoms with E-state index in [9.17, 15) is 0 Å². The van der Waals surface area contributed by atoms with Gasteiger partial charge in [0.15, 0.2) is 17.5 Å². The molecule has 1 aliphatic heterocycles. The van der Waals surface area contributed by atoms with Crippen molar-refractivity contribution in [1.29, 1.82) is 0 Å². The van der Waals surface area contributed by atoms with Crippen LogP contribution < -0.4 is 4.74 Å². The summed E-state index contributed by atoms with van der Waals surface area (Å²) in [6.07, 6.45) is 10.1. The maximum absolute atomic E-state index is 6.68. The third-order valence-electron chi connectivity index (χ3n) is 7.92. The van der Waals surface area contributed by atoms with Gasteiger partial charge >= 0.3 is 0 Å². The maximum atomic E-state index is 6.68. The molecule has 46 heavy (non-hydrogen) atoms. The molecule has 1 aromatic heterocycles. The van der Waals surface area contributed by atoms with E-state index in [0.717, 1.165) is 61.6 Å². The first-order valence-electron chi connectivity index (χ1n) is 15.2. The molecule has 7 rings (SSSR count). The van der Waals surface area contributed by atoms with Gasteiger partial charge in [-0.3, -0.25) is 0 Å². The number of allylic oxidation sites excluding steroid dienone is 5. The summed E-state index contributed by atoms with van der Waals surface area (Å²) in [4.78, 5) is 14.8. The van der Waals surface area contributed by atoms with Crippen LogP contribution >= 0.6 is 0 Å². The maximum Gasteiger partial charge on any atom is 0.164 e. The average molecular weight is 594 g/mol. The van der Waals surface area contributed by atoms with Crippen molar-refractivity contribution in [1.82, 2.24) is 15.0 Å². The van der Waals surface area contributed by atoms with Crippen molar-refractivity contribution >= 4 is 17.7 Å². The number of ether oxygens (including phenoxy) is 1. The fourth-order valence-electron chi connectivity index (χ4n) is 5.64. The van der Waals surface area contributed by atoms with E-state index in [2.05, 4.69) is 73.3 Å². The van der Waals surface area contributed by atoms with Gasteiger partial charge in [-0.05, 0) is 41.3 Å². The molecule has 0 radical (unpaired) electrons. The van der Waals surface area contributed by atoms with E-state index in [1.165, 1.54) is 0 Å². The van der Waals surface area contributed by atoms with E-state index in [0.29, 0.717) is 17.5 Å². The van der Waals surface area contributed by atoms with Crippen LogP contribution in [0.2, 0.25) is 0 Å². The molecule has 0 amide bonds. The molecule has 0 unspecified atom stereocenters. The molecule has 0 bridgehead atoms. The molecule has 0 atom stereocenters. The minimum Gasteiger partial charge on any atom is -0.461 e. The summed E-state index contributed by atoms with van der Waals surface area (Å²) in [6, 6.07) is 42.9. The van der Waals surface area contributed by atoms with E-state index in [4.69, 9.17) is 19.7 Å². The van der Waals surface area contributed by atoms with Crippen molar-refractivity contribution in [2.24, 2.45) is 0 Å². The first-order chi connectivity index (χ1) is 22.7. The summed E-state index contributed by atoms with van der Waals surface area (Å²) >= 11 is 0. The molecule has 6 aromatic rings. The van der Waals surface area contributed by atoms with Gasteiger partial charge in [-0.25, -0.2) is 15.0 Å². The quantitative estimate of drug-likeness (QED) is 0.187. The van der Waals surface area contributed by atoms with Gasteiger partial charge in [0, 0.05) is 27.8 Å². The number of hydrogen-bond acceptors (Lipinski definition) is 4. The van der Waals surface area contributed by atoms with Crippen molar-refractivity contribution in [3.05, 3.63) is 175 Å². The second-order valence-electron chi connectivity index (χ2n) is 10.9. The van der Waals surface area contributed by atoms with E-state index in [1.54, 1.807) is 6.08 Å². The summed E-state index contributed by atoms with van der Waals surface area (Å²) in [6.45, 7) is 5.89. The first kappa shape index (κ1) is 28.6. The van der Waals surface area contributed by atoms with Gasteiger partial charge in [0.05, 0.1) is 0 Å². The Morgan fingerprint density at radius 3 is 1.74 bits per heavy atom. The van der Waals surface area contributed by atoms with Gasteiger partial charge in [0.25, 0.3) is 0 Å². The molecular formula is C42H31N3O. The fourth-order valence-corrected chi connectivity index (χ4v) is 5.64. The Balaban J connectivity index is 1.44. The molecular weight excluding hydrogens is 562 g/mol. The Labute approximate surface area is 269 Å². The number of nitrogens with zero attached hydrogens (tertiary/aromatic N) is 3. The number of rotatable bonds is 5. The Bertz CT molecular complexity index is 2090. The summed E-state index contributed by atoms with van der Waals surface area (Å²) in [5.41, 5.74) is 8.96. The van der Waals surface area contributed by atoms with Crippen LogP contribution in [-0.4, -0.2) is 15.0 Å². The normalized spacial score (nSPS) is 14.7. The third-order valence-corrected chi connectivity index (χ3v) is 7.92. The van der Waals surface area contributed by atoms with Crippen LogP contribution in [0.4, 0.5) is 0 Å². The predicted octanol–water partition coefficient (Wildman–Crippen LogP) is 10.6. The smallest absolute Gasteiger partial charge is 0.164 e. The summed E-state index contributed by atoms with van der Waals surface area (Å²) < 4.78 is 6.68.